The van der Waals surface area contributed by atoms with Crippen molar-refractivity contribution in [2.24, 2.45) is 5.41 Å². The van der Waals surface area contributed by atoms with E-state index in [0.29, 0.717) is 19.4 Å². The average molecular weight is 255 g/mol. The third kappa shape index (κ3) is 2.11. The van der Waals surface area contributed by atoms with Gasteiger partial charge in [-0.15, -0.1) is 0 Å². The first-order chi connectivity index (χ1) is 8.62. The average Bonchev–Trinajstić information content (AvgIpc) is 2.51. The lowest BCUT2D eigenvalue weighted by atomic mass is 9.67. The molecular weight excluding hydrogens is 234 g/mol. The fourth-order valence-corrected chi connectivity index (χ4v) is 2.96. The summed E-state index contributed by atoms with van der Waals surface area (Å²) in [6, 6.07) is -0.197. The molecule has 0 aromatic rings. The van der Waals surface area contributed by atoms with Crippen molar-refractivity contribution >= 4 is 11.9 Å². The first-order valence-electron chi connectivity index (χ1n) is 6.77. The molecule has 1 atom stereocenters. The summed E-state index contributed by atoms with van der Waals surface area (Å²) in [6.45, 7) is 0.514. The van der Waals surface area contributed by atoms with Gasteiger partial charge in [0, 0.05) is 6.54 Å². The monoisotopic (exact) mass is 255 g/mol. The highest BCUT2D eigenvalue weighted by atomic mass is 16.4. The molecule has 1 saturated heterocycles. The Morgan fingerprint density at radius 1 is 1.17 bits per heavy atom. The second-order valence-electron chi connectivity index (χ2n) is 5.43. The summed E-state index contributed by atoms with van der Waals surface area (Å²) in [5, 5.41) is 18.7. The van der Waals surface area contributed by atoms with E-state index in [1.165, 1.54) is 0 Å². The van der Waals surface area contributed by atoms with Gasteiger partial charge in [0.25, 0.3) is 0 Å². The smallest absolute Gasteiger partial charge is 0.319 e. The Kier molecular flexibility index (Phi) is 3.90. The third-order valence-corrected chi connectivity index (χ3v) is 4.37. The lowest BCUT2D eigenvalue weighted by Gasteiger charge is -2.42. The van der Waals surface area contributed by atoms with Crippen molar-refractivity contribution < 1.29 is 19.8 Å². The molecule has 0 aromatic carbocycles. The molecular formula is C13H21NO4. The molecule has 1 heterocycles. The molecule has 2 fully saturated rings. The van der Waals surface area contributed by atoms with Crippen LogP contribution in [0.5, 0.6) is 0 Å². The molecule has 0 radical (unpaired) electrons. The van der Waals surface area contributed by atoms with Crippen molar-refractivity contribution in [1.82, 2.24) is 4.90 Å². The predicted molar refractivity (Wildman–Crippen MR) is 65.0 cm³/mol. The highest BCUT2D eigenvalue weighted by molar-refractivity contribution is 6.03. The molecule has 5 nitrogen and oxygen atoms in total. The summed E-state index contributed by atoms with van der Waals surface area (Å²) >= 11 is 0. The number of aliphatic carboxylic acids is 1. The molecule has 1 aliphatic carbocycles. The van der Waals surface area contributed by atoms with Crippen molar-refractivity contribution in [3.63, 3.8) is 0 Å². The van der Waals surface area contributed by atoms with Crippen molar-refractivity contribution in [3.05, 3.63) is 0 Å². The second kappa shape index (κ2) is 5.26. The van der Waals surface area contributed by atoms with Crippen LogP contribution in [0, 0.1) is 5.41 Å². The number of likely N-dealkylation sites (tertiary alicyclic amines) is 1. The van der Waals surface area contributed by atoms with E-state index in [2.05, 4.69) is 0 Å². The number of hydrogen-bond donors (Lipinski definition) is 2. The van der Waals surface area contributed by atoms with Crippen LogP contribution in [0.4, 0.5) is 0 Å². The van der Waals surface area contributed by atoms with Crippen molar-refractivity contribution in [1.29, 1.82) is 0 Å². The van der Waals surface area contributed by atoms with Crippen molar-refractivity contribution in [3.8, 4) is 0 Å². The fraction of sp³-hybridized carbons (Fsp3) is 0.846. The van der Waals surface area contributed by atoms with E-state index in [1.807, 2.05) is 0 Å². The van der Waals surface area contributed by atoms with E-state index in [1.54, 1.807) is 4.90 Å². The van der Waals surface area contributed by atoms with Gasteiger partial charge >= 0.3 is 5.97 Å². The van der Waals surface area contributed by atoms with E-state index < -0.39 is 11.4 Å². The van der Waals surface area contributed by atoms with Crippen LogP contribution in [0.3, 0.4) is 0 Å². The molecule has 1 aliphatic heterocycles. The zero-order valence-corrected chi connectivity index (χ0v) is 10.6. The minimum atomic E-state index is -1.20. The van der Waals surface area contributed by atoms with Gasteiger partial charge in [-0.25, -0.2) is 0 Å². The summed E-state index contributed by atoms with van der Waals surface area (Å²) in [5.41, 5.74) is -1.20. The number of aliphatic hydroxyl groups is 1. The lowest BCUT2D eigenvalue weighted by Crippen LogP contribution is -2.55. The molecule has 1 saturated carbocycles. The fourth-order valence-electron chi connectivity index (χ4n) is 2.96. The van der Waals surface area contributed by atoms with Gasteiger partial charge in [-0.1, -0.05) is 19.3 Å². The van der Waals surface area contributed by atoms with Gasteiger partial charge in [0.1, 0.15) is 5.41 Å². The molecule has 0 aromatic heterocycles. The highest BCUT2D eigenvalue weighted by Crippen LogP contribution is 2.43. The summed E-state index contributed by atoms with van der Waals surface area (Å²) < 4.78 is 0. The molecule has 0 bridgehead atoms. The molecule has 2 aliphatic rings. The third-order valence-electron chi connectivity index (χ3n) is 4.37. The molecule has 102 valence electrons. The van der Waals surface area contributed by atoms with Crippen LogP contribution in [-0.2, 0) is 9.59 Å². The zero-order chi connectivity index (χ0) is 13.2. The Morgan fingerprint density at radius 2 is 1.89 bits per heavy atom. The predicted octanol–water partition coefficient (Wildman–Crippen LogP) is 1.00. The molecule has 2 N–H and O–H groups in total. The Balaban J connectivity index is 2.17. The van der Waals surface area contributed by atoms with Gasteiger partial charge < -0.3 is 15.1 Å². The quantitative estimate of drug-likeness (QED) is 0.738. The number of carboxylic acid groups (broad SMARTS) is 1. The van der Waals surface area contributed by atoms with E-state index in [9.17, 15) is 19.8 Å². The molecule has 2 rings (SSSR count). The summed E-state index contributed by atoms with van der Waals surface area (Å²) in [7, 11) is 0. The van der Waals surface area contributed by atoms with E-state index in [4.69, 9.17) is 0 Å². The Labute approximate surface area is 107 Å². The summed E-state index contributed by atoms with van der Waals surface area (Å²) in [6.07, 6.45) is 5.40. The maximum Gasteiger partial charge on any atom is 0.319 e. The van der Waals surface area contributed by atoms with E-state index in [-0.39, 0.29) is 18.6 Å². The molecule has 18 heavy (non-hydrogen) atoms. The Hall–Kier alpha value is -1.10. The maximum absolute atomic E-state index is 12.5. The lowest BCUT2D eigenvalue weighted by molar-refractivity contribution is -0.169. The van der Waals surface area contributed by atoms with Crippen molar-refractivity contribution in [2.45, 2.75) is 51.0 Å². The van der Waals surface area contributed by atoms with Crippen molar-refractivity contribution in [2.75, 3.05) is 13.2 Å². The van der Waals surface area contributed by atoms with Crippen LogP contribution in [0.25, 0.3) is 0 Å². The molecule has 1 unspecified atom stereocenters. The first-order valence-corrected chi connectivity index (χ1v) is 6.77. The maximum atomic E-state index is 12.5. The Bertz CT molecular complexity index is 338. The van der Waals surface area contributed by atoms with Crippen LogP contribution >= 0.6 is 0 Å². The highest BCUT2D eigenvalue weighted by Gasteiger charge is 2.53. The number of carboxylic acids is 1. The standard InChI is InChI=1S/C13H21NO4/c15-9-10-5-2-1-3-8-14(10)11(16)13(12(17)18)6-4-7-13/h10,15H,1-9H2,(H,17,18). The van der Waals surface area contributed by atoms with Gasteiger partial charge in [0.15, 0.2) is 0 Å². The van der Waals surface area contributed by atoms with Gasteiger partial charge in [-0.3, -0.25) is 9.59 Å². The van der Waals surface area contributed by atoms with Crippen LogP contribution in [0.1, 0.15) is 44.9 Å². The van der Waals surface area contributed by atoms with Crippen LogP contribution in [-0.4, -0.2) is 46.2 Å². The zero-order valence-electron chi connectivity index (χ0n) is 10.6. The topological polar surface area (TPSA) is 77.8 Å². The van der Waals surface area contributed by atoms with Crippen LogP contribution in [0.15, 0.2) is 0 Å². The number of rotatable bonds is 3. The van der Waals surface area contributed by atoms with Crippen LogP contribution < -0.4 is 0 Å². The van der Waals surface area contributed by atoms with Gasteiger partial charge in [0.2, 0.25) is 5.91 Å². The second-order valence-corrected chi connectivity index (χ2v) is 5.43. The molecule has 0 spiro atoms. The molecule has 1 amide bonds. The van der Waals surface area contributed by atoms with Gasteiger partial charge in [-0.2, -0.15) is 0 Å². The number of amides is 1. The minimum Gasteiger partial charge on any atom is -0.480 e. The summed E-state index contributed by atoms with van der Waals surface area (Å²) in [5.74, 6) is -1.28. The number of aliphatic hydroxyl groups excluding tert-OH is 1. The molecule has 5 heteroatoms. The Morgan fingerprint density at radius 3 is 2.39 bits per heavy atom. The van der Waals surface area contributed by atoms with E-state index in [0.717, 1.165) is 32.1 Å². The summed E-state index contributed by atoms with van der Waals surface area (Å²) in [4.78, 5) is 25.5. The SMILES string of the molecule is O=C(O)C1(C(=O)N2CCCCCC2CO)CCC1. The normalized spacial score (nSPS) is 27.2. The largest absolute Gasteiger partial charge is 0.480 e. The minimum absolute atomic E-state index is 0.0680. The number of hydrogen-bond acceptors (Lipinski definition) is 3. The number of nitrogens with zero attached hydrogens (tertiary/aromatic N) is 1. The number of carbonyl (C=O) groups is 2. The number of carbonyl (C=O) groups excluding carboxylic acids is 1. The van der Waals surface area contributed by atoms with Gasteiger partial charge in [0.05, 0.1) is 12.6 Å². The van der Waals surface area contributed by atoms with Crippen LogP contribution in [0.2, 0.25) is 0 Å². The van der Waals surface area contributed by atoms with Gasteiger partial charge in [-0.05, 0) is 25.7 Å². The van der Waals surface area contributed by atoms with E-state index >= 15 is 0 Å². The first kappa shape index (κ1) is 13.3.